The molecule has 0 spiro atoms. The fourth-order valence-electron chi connectivity index (χ4n) is 1.43. The number of halogens is 1. The predicted molar refractivity (Wildman–Crippen MR) is 67.3 cm³/mol. The third-order valence-electron chi connectivity index (χ3n) is 2.07. The van der Waals surface area contributed by atoms with Gasteiger partial charge in [-0.15, -0.1) is 0 Å². The highest BCUT2D eigenvalue weighted by Gasteiger charge is 2.25. The Morgan fingerprint density at radius 3 is 2.88 bits per heavy atom. The van der Waals surface area contributed by atoms with E-state index in [9.17, 15) is 4.79 Å². The molecule has 0 radical (unpaired) electrons. The lowest BCUT2D eigenvalue weighted by molar-refractivity contribution is 0.0517. The van der Waals surface area contributed by atoms with Crippen LogP contribution in [0.1, 0.15) is 37.7 Å². The van der Waals surface area contributed by atoms with Crippen LogP contribution >= 0.6 is 15.9 Å². The van der Waals surface area contributed by atoms with Gasteiger partial charge in [0.25, 0.3) is 0 Å². The van der Waals surface area contributed by atoms with Gasteiger partial charge < -0.3 is 9.47 Å². The minimum Gasteiger partial charge on any atom is -0.477 e. The first-order valence-electron chi connectivity index (χ1n) is 5.80. The number of nitrogens with zero attached hydrogens (tertiary/aromatic N) is 2. The number of hydrogen-bond donors (Lipinski definition) is 0. The smallest absolute Gasteiger partial charge is 0.360 e. The van der Waals surface area contributed by atoms with Gasteiger partial charge in [-0.3, -0.25) is 0 Å². The zero-order valence-electron chi connectivity index (χ0n) is 10.3. The molecule has 1 aliphatic rings. The highest BCUT2D eigenvalue weighted by atomic mass is 79.9. The molecule has 6 heteroatoms. The van der Waals surface area contributed by atoms with Crippen LogP contribution in [0.4, 0.5) is 0 Å². The van der Waals surface area contributed by atoms with Gasteiger partial charge in [0, 0.05) is 13.0 Å². The fraction of sp³-hybridized carbons (Fsp3) is 0.636. The van der Waals surface area contributed by atoms with Gasteiger partial charge in [0.05, 0.1) is 13.2 Å². The topological polar surface area (TPSA) is 53.3 Å². The standard InChI is InChI=1S/C9H11BrN2O3.C2H6/c1-2-14-9(13)7-6(10)8-12(11-7)4-3-5-15-8;1-2/h2-5H2,1H3;1-2H3. The van der Waals surface area contributed by atoms with Crippen molar-refractivity contribution in [2.75, 3.05) is 13.2 Å². The maximum absolute atomic E-state index is 11.5. The SMILES string of the molecule is CC.CCOC(=O)c1nn2c(c1Br)OCCC2. The molecule has 1 aromatic heterocycles. The lowest BCUT2D eigenvalue weighted by atomic mass is 10.4. The second-order valence-electron chi connectivity index (χ2n) is 3.11. The van der Waals surface area contributed by atoms with E-state index in [1.807, 2.05) is 13.8 Å². The van der Waals surface area contributed by atoms with Gasteiger partial charge in [-0.2, -0.15) is 5.10 Å². The van der Waals surface area contributed by atoms with Gasteiger partial charge in [0.2, 0.25) is 5.88 Å². The molecule has 0 aliphatic carbocycles. The number of ether oxygens (including phenoxy) is 2. The molecular weight excluding hydrogens is 288 g/mol. The number of carbonyl (C=O) groups is 1. The van der Waals surface area contributed by atoms with E-state index in [4.69, 9.17) is 9.47 Å². The molecule has 0 N–H and O–H groups in total. The normalized spacial score (nSPS) is 12.9. The van der Waals surface area contributed by atoms with Crippen molar-refractivity contribution in [2.45, 2.75) is 33.7 Å². The summed E-state index contributed by atoms with van der Waals surface area (Å²) in [7, 11) is 0. The van der Waals surface area contributed by atoms with Crippen molar-refractivity contribution in [2.24, 2.45) is 0 Å². The van der Waals surface area contributed by atoms with E-state index in [-0.39, 0.29) is 5.69 Å². The van der Waals surface area contributed by atoms with Crippen LogP contribution in [0.15, 0.2) is 4.47 Å². The molecular formula is C11H17BrN2O3. The van der Waals surface area contributed by atoms with Crippen LogP contribution in [-0.2, 0) is 11.3 Å². The molecule has 0 aromatic carbocycles. The van der Waals surface area contributed by atoms with Gasteiger partial charge in [-0.05, 0) is 22.9 Å². The minimum atomic E-state index is -0.421. The number of aryl methyl sites for hydroxylation is 1. The molecule has 2 heterocycles. The molecule has 96 valence electrons. The Bertz CT molecular complexity index is 390. The van der Waals surface area contributed by atoms with Crippen molar-refractivity contribution in [1.82, 2.24) is 9.78 Å². The maximum atomic E-state index is 11.5. The Hall–Kier alpha value is -1.04. The van der Waals surface area contributed by atoms with Crippen molar-refractivity contribution >= 4 is 21.9 Å². The molecule has 0 bridgehead atoms. The van der Waals surface area contributed by atoms with Crippen molar-refractivity contribution in [3.8, 4) is 5.88 Å². The molecule has 0 saturated heterocycles. The van der Waals surface area contributed by atoms with E-state index in [1.165, 1.54) is 0 Å². The van der Waals surface area contributed by atoms with Gasteiger partial charge in [0.1, 0.15) is 4.47 Å². The third-order valence-corrected chi connectivity index (χ3v) is 2.79. The summed E-state index contributed by atoms with van der Waals surface area (Å²) in [5.41, 5.74) is 0.286. The molecule has 1 aliphatic heterocycles. The Morgan fingerprint density at radius 2 is 2.29 bits per heavy atom. The molecule has 0 amide bonds. The molecule has 0 unspecified atom stereocenters. The van der Waals surface area contributed by atoms with E-state index < -0.39 is 5.97 Å². The number of fused-ring (bicyclic) bond motifs is 1. The number of aromatic nitrogens is 2. The van der Waals surface area contributed by atoms with Gasteiger partial charge >= 0.3 is 5.97 Å². The monoisotopic (exact) mass is 304 g/mol. The summed E-state index contributed by atoms with van der Waals surface area (Å²) >= 11 is 3.30. The van der Waals surface area contributed by atoms with E-state index in [1.54, 1.807) is 11.6 Å². The van der Waals surface area contributed by atoms with Crippen LogP contribution < -0.4 is 4.74 Å². The molecule has 0 saturated carbocycles. The molecule has 5 nitrogen and oxygen atoms in total. The fourth-order valence-corrected chi connectivity index (χ4v) is 1.99. The Kier molecular flexibility index (Phi) is 5.47. The summed E-state index contributed by atoms with van der Waals surface area (Å²) in [6.07, 6.45) is 0.906. The number of rotatable bonds is 2. The Balaban J connectivity index is 0.000000686. The van der Waals surface area contributed by atoms with Crippen molar-refractivity contribution in [3.63, 3.8) is 0 Å². The van der Waals surface area contributed by atoms with Crippen LogP contribution in [-0.4, -0.2) is 29.0 Å². The summed E-state index contributed by atoms with van der Waals surface area (Å²) in [6.45, 7) is 7.53. The minimum absolute atomic E-state index is 0.286. The zero-order valence-corrected chi connectivity index (χ0v) is 11.9. The summed E-state index contributed by atoms with van der Waals surface area (Å²) in [4.78, 5) is 11.5. The lowest BCUT2D eigenvalue weighted by Crippen LogP contribution is -2.15. The lowest BCUT2D eigenvalue weighted by Gasteiger charge is -2.14. The first-order chi connectivity index (χ1) is 8.24. The molecule has 2 rings (SSSR count). The second kappa shape index (κ2) is 6.64. The van der Waals surface area contributed by atoms with E-state index in [0.717, 1.165) is 13.0 Å². The molecule has 17 heavy (non-hydrogen) atoms. The van der Waals surface area contributed by atoms with Crippen LogP contribution in [0.25, 0.3) is 0 Å². The summed E-state index contributed by atoms with van der Waals surface area (Å²) < 4.78 is 12.6. The zero-order chi connectivity index (χ0) is 12.8. The second-order valence-corrected chi connectivity index (χ2v) is 3.91. The van der Waals surface area contributed by atoms with Crippen LogP contribution in [0.3, 0.4) is 0 Å². The van der Waals surface area contributed by atoms with Gasteiger partial charge in [-0.1, -0.05) is 13.8 Å². The van der Waals surface area contributed by atoms with Gasteiger partial charge in [-0.25, -0.2) is 9.48 Å². The third kappa shape index (κ3) is 3.00. The van der Waals surface area contributed by atoms with Crippen molar-refractivity contribution in [1.29, 1.82) is 0 Å². The number of hydrogen-bond acceptors (Lipinski definition) is 4. The predicted octanol–water partition coefficient (Wildman–Crippen LogP) is 2.63. The maximum Gasteiger partial charge on any atom is 0.360 e. The Morgan fingerprint density at radius 1 is 1.59 bits per heavy atom. The van der Waals surface area contributed by atoms with Crippen LogP contribution in [0.2, 0.25) is 0 Å². The van der Waals surface area contributed by atoms with E-state index in [0.29, 0.717) is 23.6 Å². The molecule has 0 fully saturated rings. The van der Waals surface area contributed by atoms with Crippen molar-refractivity contribution < 1.29 is 14.3 Å². The van der Waals surface area contributed by atoms with Gasteiger partial charge in [0.15, 0.2) is 5.69 Å². The van der Waals surface area contributed by atoms with E-state index >= 15 is 0 Å². The molecule has 0 atom stereocenters. The highest BCUT2D eigenvalue weighted by molar-refractivity contribution is 9.10. The molecule has 1 aromatic rings. The average molecular weight is 305 g/mol. The summed E-state index contributed by atoms with van der Waals surface area (Å²) in [5.74, 6) is 0.194. The quantitative estimate of drug-likeness (QED) is 0.788. The summed E-state index contributed by atoms with van der Waals surface area (Å²) in [6, 6.07) is 0. The van der Waals surface area contributed by atoms with Crippen molar-refractivity contribution in [3.05, 3.63) is 10.2 Å². The highest BCUT2D eigenvalue weighted by Crippen LogP contribution is 2.31. The summed E-state index contributed by atoms with van der Waals surface area (Å²) in [5, 5.41) is 4.14. The number of esters is 1. The number of carbonyl (C=O) groups excluding carboxylic acids is 1. The van der Waals surface area contributed by atoms with E-state index in [2.05, 4.69) is 21.0 Å². The van der Waals surface area contributed by atoms with Crippen LogP contribution in [0, 0.1) is 0 Å². The average Bonchev–Trinajstić information content (AvgIpc) is 2.70. The van der Waals surface area contributed by atoms with Crippen LogP contribution in [0.5, 0.6) is 5.88 Å². The Labute approximate surface area is 109 Å². The largest absolute Gasteiger partial charge is 0.477 e. The first kappa shape index (κ1) is 14.0. The first-order valence-corrected chi connectivity index (χ1v) is 6.59.